The highest BCUT2D eigenvalue weighted by Crippen LogP contribution is 2.49. The molecule has 2 aliphatic rings. The normalized spacial score (nSPS) is 21.4. The van der Waals surface area contributed by atoms with E-state index in [1.807, 2.05) is 43.3 Å². The van der Waals surface area contributed by atoms with Gasteiger partial charge in [0.15, 0.2) is 17.3 Å². The summed E-state index contributed by atoms with van der Waals surface area (Å²) in [5.41, 5.74) is 3.62. The van der Waals surface area contributed by atoms with Crippen LogP contribution in [0.15, 0.2) is 57.1 Å². The van der Waals surface area contributed by atoms with Gasteiger partial charge in [-0.2, -0.15) is 0 Å². The minimum Gasteiger partial charge on any atom is -0.496 e. The van der Waals surface area contributed by atoms with E-state index in [0.29, 0.717) is 47.1 Å². The van der Waals surface area contributed by atoms with Crippen LogP contribution >= 0.6 is 15.9 Å². The van der Waals surface area contributed by atoms with Crippen molar-refractivity contribution in [2.24, 2.45) is 10.9 Å². The van der Waals surface area contributed by atoms with E-state index in [0.717, 1.165) is 15.6 Å². The molecule has 0 saturated heterocycles. The summed E-state index contributed by atoms with van der Waals surface area (Å²) in [5, 5.41) is 0. The Labute approximate surface area is 219 Å². The highest BCUT2D eigenvalue weighted by atomic mass is 79.9. The highest BCUT2D eigenvalue weighted by Gasteiger charge is 2.45. The molecule has 0 N–H and O–H groups in total. The molecule has 190 valence electrons. The van der Waals surface area contributed by atoms with E-state index in [-0.39, 0.29) is 18.3 Å². The van der Waals surface area contributed by atoms with Crippen molar-refractivity contribution in [3.05, 3.63) is 63.3 Å². The average Bonchev–Trinajstić information content (AvgIpc) is 2.87. The van der Waals surface area contributed by atoms with Gasteiger partial charge >= 0.3 is 5.97 Å². The van der Waals surface area contributed by atoms with Crippen molar-refractivity contribution in [1.29, 1.82) is 0 Å². The minimum absolute atomic E-state index is 0.0337. The molecule has 2 aromatic rings. The maximum atomic E-state index is 13.8. The number of rotatable bonds is 7. The number of methoxy groups -OCH3 is 3. The zero-order chi connectivity index (χ0) is 26.0. The van der Waals surface area contributed by atoms with Crippen LogP contribution in [0.2, 0.25) is 0 Å². The molecule has 1 aliphatic heterocycles. The van der Waals surface area contributed by atoms with Crippen molar-refractivity contribution in [3.63, 3.8) is 0 Å². The van der Waals surface area contributed by atoms with Gasteiger partial charge < -0.3 is 18.9 Å². The van der Waals surface area contributed by atoms with Crippen molar-refractivity contribution in [2.75, 3.05) is 27.9 Å². The molecular weight excluding hydrogens is 526 g/mol. The third-order valence-corrected chi connectivity index (χ3v) is 7.33. The lowest BCUT2D eigenvalue weighted by molar-refractivity contribution is -0.146. The van der Waals surface area contributed by atoms with Gasteiger partial charge in [0.05, 0.1) is 27.9 Å². The molecule has 7 nitrogen and oxygen atoms in total. The molecule has 0 aromatic heterocycles. The van der Waals surface area contributed by atoms with E-state index in [1.165, 1.54) is 0 Å². The number of carbonyl (C=O) groups is 2. The van der Waals surface area contributed by atoms with Gasteiger partial charge in [0.2, 0.25) is 0 Å². The number of aliphatic imine (C=N–C) groups is 1. The number of carbonyl (C=O) groups excluding carboxylic acids is 2. The first-order valence-corrected chi connectivity index (χ1v) is 12.7. The Hall–Kier alpha value is -3.13. The van der Waals surface area contributed by atoms with E-state index in [1.54, 1.807) is 28.3 Å². The van der Waals surface area contributed by atoms with E-state index in [4.69, 9.17) is 23.9 Å². The first-order chi connectivity index (χ1) is 17.3. The summed E-state index contributed by atoms with van der Waals surface area (Å²) in [6.45, 7) is 3.84. The molecule has 0 bridgehead atoms. The molecule has 36 heavy (non-hydrogen) atoms. The fourth-order valence-electron chi connectivity index (χ4n) is 5.22. The fraction of sp³-hybridized carbons (Fsp3) is 0.393. The van der Waals surface area contributed by atoms with Gasteiger partial charge in [-0.15, -0.1) is 0 Å². The van der Waals surface area contributed by atoms with E-state index < -0.39 is 17.8 Å². The minimum atomic E-state index is -0.714. The number of nitrogens with zero attached hydrogens (tertiary/aromatic N) is 1. The number of ether oxygens (including phenoxy) is 4. The first-order valence-electron chi connectivity index (χ1n) is 11.9. The molecule has 0 radical (unpaired) electrons. The highest BCUT2D eigenvalue weighted by molar-refractivity contribution is 9.10. The number of hydrogen-bond acceptors (Lipinski definition) is 7. The molecule has 1 aliphatic carbocycles. The number of allylic oxidation sites excluding steroid dienone is 2. The van der Waals surface area contributed by atoms with Gasteiger partial charge in [0.1, 0.15) is 11.7 Å². The lowest BCUT2D eigenvalue weighted by atomic mass is 9.69. The lowest BCUT2D eigenvalue weighted by Crippen LogP contribution is -2.38. The van der Waals surface area contributed by atoms with Gasteiger partial charge in [-0.05, 0) is 62.1 Å². The maximum Gasteiger partial charge on any atom is 0.315 e. The zero-order valence-corrected chi connectivity index (χ0v) is 22.7. The molecular formula is C28H30BrNO6. The Morgan fingerprint density at radius 3 is 2.36 bits per heavy atom. The average molecular weight is 556 g/mol. The third kappa shape index (κ3) is 4.78. The van der Waals surface area contributed by atoms with Gasteiger partial charge in [0, 0.05) is 39.4 Å². The van der Waals surface area contributed by atoms with Crippen molar-refractivity contribution < 1.29 is 28.5 Å². The van der Waals surface area contributed by atoms with Crippen molar-refractivity contribution in [2.45, 2.75) is 38.5 Å². The Bertz CT molecular complexity index is 1250. The molecule has 8 heteroatoms. The van der Waals surface area contributed by atoms with Crippen LogP contribution < -0.4 is 14.2 Å². The third-order valence-electron chi connectivity index (χ3n) is 6.83. The van der Waals surface area contributed by atoms with Crippen LogP contribution in [0.1, 0.15) is 49.7 Å². The van der Waals surface area contributed by atoms with E-state index in [9.17, 15) is 9.59 Å². The molecule has 0 spiro atoms. The Morgan fingerprint density at radius 1 is 1.00 bits per heavy atom. The smallest absolute Gasteiger partial charge is 0.315 e. The largest absolute Gasteiger partial charge is 0.496 e. The van der Waals surface area contributed by atoms with Crippen molar-refractivity contribution in [3.8, 4) is 17.2 Å². The van der Waals surface area contributed by atoms with E-state index >= 15 is 0 Å². The number of Topliss-reactive ketones (excluding diaryl/α,β-unsaturated/α-hetero) is 1. The van der Waals surface area contributed by atoms with Gasteiger partial charge in [0.25, 0.3) is 0 Å². The standard InChI is InChI=1S/C28H30BrNO6/c1-6-36-28(32)25-15(2)30-20-11-17(16-7-9-23(34-4)24(13-16)35-5)12-21(31)27(20)26(25)19-14-18(29)8-10-22(19)33-3/h7-10,13-14,17,25-26H,6,11-12H2,1-5H3/t17-,25?,26-/m0/s1. The summed E-state index contributed by atoms with van der Waals surface area (Å²) in [6.07, 6.45) is 0.863. The molecule has 0 saturated carbocycles. The Balaban J connectivity index is 1.83. The van der Waals surface area contributed by atoms with Crippen molar-refractivity contribution >= 4 is 33.4 Å². The molecule has 1 heterocycles. The molecule has 0 fully saturated rings. The summed E-state index contributed by atoms with van der Waals surface area (Å²) in [5.74, 6) is 0.0846. The van der Waals surface area contributed by atoms with Crippen LogP contribution in [0.4, 0.5) is 0 Å². The summed E-state index contributed by atoms with van der Waals surface area (Å²) in [6, 6.07) is 11.3. The zero-order valence-electron chi connectivity index (χ0n) is 21.1. The second-order valence-corrected chi connectivity index (χ2v) is 9.77. The topological polar surface area (TPSA) is 83.4 Å². The maximum absolute atomic E-state index is 13.8. The quantitative estimate of drug-likeness (QED) is 0.412. The predicted molar refractivity (Wildman–Crippen MR) is 140 cm³/mol. The predicted octanol–water partition coefficient (Wildman–Crippen LogP) is 5.61. The van der Waals surface area contributed by atoms with Crippen LogP contribution in [0.25, 0.3) is 0 Å². The Kier molecular flexibility index (Phi) is 7.83. The molecule has 1 unspecified atom stereocenters. The monoisotopic (exact) mass is 555 g/mol. The molecule has 2 aromatic carbocycles. The number of ketones is 1. The number of hydrogen-bond donors (Lipinski definition) is 0. The van der Waals surface area contributed by atoms with Crippen LogP contribution in [-0.4, -0.2) is 45.4 Å². The van der Waals surface area contributed by atoms with Crippen LogP contribution in [0.5, 0.6) is 17.2 Å². The van der Waals surface area contributed by atoms with Crippen molar-refractivity contribution in [1.82, 2.24) is 0 Å². The summed E-state index contributed by atoms with van der Waals surface area (Å²) in [4.78, 5) is 31.8. The second-order valence-electron chi connectivity index (χ2n) is 8.85. The van der Waals surface area contributed by atoms with Crippen LogP contribution in [0.3, 0.4) is 0 Å². The van der Waals surface area contributed by atoms with Crippen LogP contribution in [-0.2, 0) is 14.3 Å². The molecule has 0 amide bonds. The summed E-state index contributed by atoms with van der Waals surface area (Å²) >= 11 is 3.54. The molecule has 4 rings (SSSR count). The fourth-order valence-corrected chi connectivity index (χ4v) is 5.60. The van der Waals surface area contributed by atoms with Gasteiger partial charge in [-0.25, -0.2) is 0 Å². The van der Waals surface area contributed by atoms with Crippen LogP contribution in [0, 0.1) is 5.92 Å². The number of esters is 1. The second kappa shape index (κ2) is 10.9. The SMILES string of the molecule is CCOC(=O)C1C(C)=NC2=C(C(=O)C[C@@H](c3ccc(OC)c(OC)c3)C2)[C@H]1c1cc(Br)ccc1OC. The first kappa shape index (κ1) is 25.9. The van der Waals surface area contributed by atoms with Gasteiger partial charge in [-0.1, -0.05) is 22.0 Å². The number of halogens is 1. The number of benzene rings is 2. The summed E-state index contributed by atoms with van der Waals surface area (Å²) in [7, 11) is 4.77. The lowest BCUT2D eigenvalue weighted by Gasteiger charge is -2.37. The van der Waals surface area contributed by atoms with Gasteiger partial charge in [-0.3, -0.25) is 14.6 Å². The Morgan fingerprint density at radius 2 is 1.69 bits per heavy atom. The molecule has 3 atom stereocenters. The summed E-state index contributed by atoms with van der Waals surface area (Å²) < 4.78 is 22.8. The van der Waals surface area contributed by atoms with E-state index in [2.05, 4.69) is 15.9 Å².